The average molecular weight is 469 g/mol. The van der Waals surface area contributed by atoms with E-state index in [4.69, 9.17) is 4.74 Å². The van der Waals surface area contributed by atoms with E-state index in [1.165, 1.54) is 31.9 Å². The van der Waals surface area contributed by atoms with Crippen molar-refractivity contribution in [3.63, 3.8) is 0 Å². The number of nitrogens with zero attached hydrogens (tertiary/aromatic N) is 3. The molecule has 7 heteroatoms. The van der Waals surface area contributed by atoms with Gasteiger partial charge in [0.1, 0.15) is 0 Å². The van der Waals surface area contributed by atoms with E-state index in [-0.39, 0.29) is 0 Å². The van der Waals surface area contributed by atoms with Crippen LogP contribution in [0.4, 0.5) is 4.79 Å². The molecule has 34 heavy (non-hydrogen) atoms. The number of hydrogen-bond donors (Lipinski definition) is 2. The first-order valence-electron chi connectivity index (χ1n) is 13.0. The van der Waals surface area contributed by atoms with Crippen molar-refractivity contribution in [1.29, 1.82) is 0 Å². The van der Waals surface area contributed by atoms with E-state index in [1.54, 1.807) is 6.92 Å². The summed E-state index contributed by atoms with van der Waals surface area (Å²) in [6, 6.07) is 9.28. The number of hydrogen-bond acceptors (Lipinski definition) is 5. The highest BCUT2D eigenvalue weighted by atomic mass is 16.5. The monoisotopic (exact) mass is 468 g/mol. The van der Waals surface area contributed by atoms with Crippen molar-refractivity contribution in [3.05, 3.63) is 35.5 Å². The lowest BCUT2D eigenvalue weighted by Gasteiger charge is -2.42. The molecule has 1 aromatic heterocycles. The summed E-state index contributed by atoms with van der Waals surface area (Å²) >= 11 is 0. The molecule has 0 spiro atoms. The highest BCUT2D eigenvalue weighted by Crippen LogP contribution is 2.37. The van der Waals surface area contributed by atoms with Crippen molar-refractivity contribution in [2.24, 2.45) is 17.0 Å². The molecule has 1 aliphatic heterocycles. The third-order valence-corrected chi connectivity index (χ3v) is 7.98. The molecule has 2 heterocycles. The lowest BCUT2D eigenvalue weighted by atomic mass is 9.79. The Kier molecular flexibility index (Phi) is 8.14. The van der Waals surface area contributed by atoms with Gasteiger partial charge >= 0.3 is 6.09 Å². The van der Waals surface area contributed by atoms with Gasteiger partial charge in [0.25, 0.3) is 0 Å². The maximum atomic E-state index is 12.0. The number of oxime groups is 1. The van der Waals surface area contributed by atoms with Gasteiger partial charge in [-0.25, -0.2) is 4.79 Å². The standard InChI is InChI=1S/C27H40N4O3/c1-4-34-27(32)28-18-26-24(17-29-33)23-7-5-6-8-25(23)31(26)22-13-15-30(16-14-22)21-11-9-20(10-12-21)19(2)3/h5-8,17,19-22,33H,4,9-16,18H2,1-3H3,(H,28,32)/b29-17+/t20-,21+. The van der Waals surface area contributed by atoms with Gasteiger partial charge in [-0.1, -0.05) is 37.2 Å². The average Bonchev–Trinajstić information content (AvgIpc) is 3.16. The Balaban J connectivity index is 1.53. The van der Waals surface area contributed by atoms with E-state index in [0.717, 1.165) is 66.0 Å². The largest absolute Gasteiger partial charge is 0.450 e. The predicted molar refractivity (Wildman–Crippen MR) is 136 cm³/mol. The first-order chi connectivity index (χ1) is 16.5. The van der Waals surface area contributed by atoms with Gasteiger partial charge < -0.3 is 24.7 Å². The molecule has 0 bridgehead atoms. The lowest BCUT2D eigenvalue weighted by molar-refractivity contribution is 0.0888. The molecule has 1 saturated heterocycles. The molecule has 2 fully saturated rings. The van der Waals surface area contributed by atoms with Crippen LogP contribution in [0, 0.1) is 11.8 Å². The number of benzene rings is 1. The zero-order valence-corrected chi connectivity index (χ0v) is 20.9. The Labute approximate surface area is 203 Å². The summed E-state index contributed by atoms with van der Waals surface area (Å²) in [5.74, 6) is 1.69. The zero-order valence-electron chi connectivity index (χ0n) is 20.9. The number of carbonyl (C=O) groups is 1. The Bertz CT molecular complexity index is 983. The number of para-hydroxylation sites is 1. The topological polar surface area (TPSA) is 79.1 Å². The molecule has 2 N–H and O–H groups in total. The van der Waals surface area contributed by atoms with Gasteiger partial charge in [0.15, 0.2) is 0 Å². The molecule has 0 radical (unpaired) electrons. The van der Waals surface area contributed by atoms with Crippen LogP contribution < -0.4 is 5.32 Å². The van der Waals surface area contributed by atoms with E-state index >= 15 is 0 Å². The van der Waals surface area contributed by atoms with Crippen LogP contribution in [0.1, 0.15) is 76.6 Å². The molecule has 1 aromatic carbocycles. The molecule has 2 aromatic rings. The highest BCUT2D eigenvalue weighted by molar-refractivity contribution is 6.01. The Morgan fingerprint density at radius 1 is 1.15 bits per heavy atom. The van der Waals surface area contributed by atoms with Crippen LogP contribution in [-0.2, 0) is 11.3 Å². The molecule has 0 unspecified atom stereocenters. The van der Waals surface area contributed by atoms with Crippen LogP contribution in [-0.4, -0.2) is 52.7 Å². The van der Waals surface area contributed by atoms with Gasteiger partial charge in [0.2, 0.25) is 0 Å². The fourth-order valence-corrected chi connectivity index (χ4v) is 6.12. The number of aromatic nitrogens is 1. The second kappa shape index (κ2) is 11.3. The first kappa shape index (κ1) is 24.6. The molecule has 1 aliphatic carbocycles. The lowest BCUT2D eigenvalue weighted by Crippen LogP contribution is -2.44. The van der Waals surface area contributed by atoms with Crippen LogP contribution >= 0.6 is 0 Å². The number of nitrogens with one attached hydrogen (secondary N) is 1. The maximum absolute atomic E-state index is 12.0. The van der Waals surface area contributed by atoms with Crippen LogP contribution in [0.2, 0.25) is 0 Å². The second-order valence-corrected chi connectivity index (χ2v) is 10.1. The quantitative estimate of drug-likeness (QED) is 0.317. The van der Waals surface area contributed by atoms with Crippen molar-refractivity contribution < 1.29 is 14.7 Å². The fourth-order valence-electron chi connectivity index (χ4n) is 6.12. The smallest absolute Gasteiger partial charge is 0.407 e. The molecule has 186 valence electrons. The SMILES string of the molecule is CCOC(=O)NCc1c(/C=N/O)c2ccccc2n1C1CCN([C@H]2CC[C@@H](C(C)C)CC2)CC1. The molecular weight excluding hydrogens is 428 g/mol. The molecule has 0 atom stereocenters. The van der Waals surface area contributed by atoms with Crippen molar-refractivity contribution in [2.45, 2.75) is 77.9 Å². The van der Waals surface area contributed by atoms with Gasteiger partial charge in [-0.3, -0.25) is 0 Å². The summed E-state index contributed by atoms with van der Waals surface area (Å²) in [4.78, 5) is 14.8. The van der Waals surface area contributed by atoms with Gasteiger partial charge in [-0.05, 0) is 63.4 Å². The number of alkyl carbamates (subject to hydrolysis) is 1. The van der Waals surface area contributed by atoms with E-state index in [1.807, 2.05) is 12.1 Å². The number of amides is 1. The van der Waals surface area contributed by atoms with E-state index < -0.39 is 6.09 Å². The number of likely N-dealkylation sites (tertiary alicyclic amines) is 1. The molecule has 2 aliphatic rings. The summed E-state index contributed by atoms with van der Waals surface area (Å²) in [5, 5.41) is 16.6. The van der Waals surface area contributed by atoms with E-state index in [2.05, 4.69) is 45.9 Å². The highest BCUT2D eigenvalue weighted by Gasteiger charge is 2.31. The fraction of sp³-hybridized carbons (Fsp3) is 0.630. The van der Waals surface area contributed by atoms with Crippen molar-refractivity contribution in [3.8, 4) is 0 Å². The van der Waals surface area contributed by atoms with Crippen LogP contribution in [0.15, 0.2) is 29.4 Å². The third-order valence-electron chi connectivity index (χ3n) is 7.98. The zero-order chi connectivity index (χ0) is 24.1. The number of fused-ring (bicyclic) bond motifs is 1. The van der Waals surface area contributed by atoms with E-state index in [9.17, 15) is 10.0 Å². The minimum atomic E-state index is -0.432. The van der Waals surface area contributed by atoms with Crippen LogP contribution in [0.3, 0.4) is 0 Å². The molecule has 1 saturated carbocycles. The number of carbonyl (C=O) groups excluding carboxylic acids is 1. The van der Waals surface area contributed by atoms with Crippen molar-refractivity contribution in [1.82, 2.24) is 14.8 Å². The van der Waals surface area contributed by atoms with Crippen molar-refractivity contribution >= 4 is 23.2 Å². The predicted octanol–water partition coefficient (Wildman–Crippen LogP) is 5.55. The number of rotatable bonds is 7. The van der Waals surface area contributed by atoms with E-state index in [0.29, 0.717) is 19.2 Å². The molecule has 4 rings (SSSR count). The molecule has 7 nitrogen and oxygen atoms in total. The van der Waals surface area contributed by atoms with Gasteiger partial charge in [0.05, 0.1) is 19.4 Å². The minimum Gasteiger partial charge on any atom is -0.450 e. The van der Waals surface area contributed by atoms with Crippen LogP contribution in [0.25, 0.3) is 10.9 Å². The summed E-state index contributed by atoms with van der Waals surface area (Å²) in [6.45, 7) is 9.38. The third kappa shape index (κ3) is 5.24. The number of ether oxygens (including phenoxy) is 1. The number of piperidine rings is 1. The summed E-state index contributed by atoms with van der Waals surface area (Å²) < 4.78 is 7.44. The Morgan fingerprint density at radius 2 is 1.85 bits per heavy atom. The first-order valence-corrected chi connectivity index (χ1v) is 13.0. The second-order valence-electron chi connectivity index (χ2n) is 10.1. The van der Waals surface area contributed by atoms with Crippen molar-refractivity contribution in [2.75, 3.05) is 19.7 Å². The van der Waals surface area contributed by atoms with Gasteiger partial charge in [0, 0.05) is 47.3 Å². The minimum absolute atomic E-state index is 0.328. The normalized spacial score (nSPS) is 22.6. The Hall–Kier alpha value is -2.54. The van der Waals surface area contributed by atoms with Gasteiger partial charge in [-0.15, -0.1) is 0 Å². The maximum Gasteiger partial charge on any atom is 0.407 e. The molecule has 1 amide bonds. The summed E-state index contributed by atoms with van der Waals surface area (Å²) in [5.41, 5.74) is 2.93. The summed E-state index contributed by atoms with van der Waals surface area (Å²) in [6.07, 6.45) is 8.57. The van der Waals surface area contributed by atoms with Gasteiger partial charge in [-0.2, -0.15) is 0 Å². The summed E-state index contributed by atoms with van der Waals surface area (Å²) in [7, 11) is 0. The van der Waals surface area contributed by atoms with Crippen LogP contribution in [0.5, 0.6) is 0 Å². The molecular formula is C27H40N4O3. The Morgan fingerprint density at radius 3 is 2.50 bits per heavy atom.